The van der Waals surface area contributed by atoms with Gasteiger partial charge in [-0.2, -0.15) is 0 Å². The SMILES string of the molecule is Cc1nc2ccccc2c(C(=O)O)c1C(=O)O. The summed E-state index contributed by atoms with van der Waals surface area (Å²) in [4.78, 5) is 26.4. The average Bonchev–Trinajstić information content (AvgIpc) is 2.26. The number of rotatable bonds is 2. The Kier molecular flexibility index (Phi) is 2.51. The van der Waals surface area contributed by atoms with Crippen LogP contribution in [0.2, 0.25) is 0 Å². The molecule has 0 radical (unpaired) electrons. The van der Waals surface area contributed by atoms with E-state index in [1.165, 1.54) is 6.92 Å². The van der Waals surface area contributed by atoms with Crippen LogP contribution in [0.4, 0.5) is 0 Å². The molecule has 86 valence electrons. The van der Waals surface area contributed by atoms with Gasteiger partial charge in [0, 0.05) is 5.39 Å². The molecule has 0 spiro atoms. The lowest BCUT2D eigenvalue weighted by atomic mass is 10.0. The Balaban J connectivity index is 2.99. The lowest BCUT2D eigenvalue weighted by molar-refractivity contribution is 0.0652. The Morgan fingerprint density at radius 2 is 1.65 bits per heavy atom. The highest BCUT2D eigenvalue weighted by atomic mass is 16.4. The van der Waals surface area contributed by atoms with E-state index in [0.717, 1.165) is 0 Å². The quantitative estimate of drug-likeness (QED) is 0.824. The number of carboxylic acids is 2. The van der Waals surface area contributed by atoms with Gasteiger partial charge in [-0.25, -0.2) is 9.59 Å². The number of carbonyl (C=O) groups is 2. The van der Waals surface area contributed by atoms with Crippen molar-refractivity contribution in [3.63, 3.8) is 0 Å². The molecule has 1 aromatic heterocycles. The highest BCUT2D eigenvalue weighted by Crippen LogP contribution is 2.23. The summed E-state index contributed by atoms with van der Waals surface area (Å²) in [6, 6.07) is 6.58. The highest BCUT2D eigenvalue weighted by molar-refractivity contribution is 6.11. The van der Waals surface area contributed by atoms with Crippen molar-refractivity contribution in [2.45, 2.75) is 6.92 Å². The number of fused-ring (bicyclic) bond motifs is 1. The summed E-state index contributed by atoms with van der Waals surface area (Å²) in [6.07, 6.45) is 0. The number of aromatic nitrogens is 1. The third-order valence-corrected chi connectivity index (χ3v) is 2.50. The first kappa shape index (κ1) is 11.1. The Morgan fingerprint density at radius 3 is 2.24 bits per heavy atom. The van der Waals surface area contributed by atoms with E-state index in [-0.39, 0.29) is 16.8 Å². The van der Waals surface area contributed by atoms with Crippen LogP contribution in [0.25, 0.3) is 10.9 Å². The molecule has 0 aliphatic rings. The third-order valence-electron chi connectivity index (χ3n) is 2.50. The molecular formula is C12H9NO4. The lowest BCUT2D eigenvalue weighted by Crippen LogP contribution is -2.12. The number of hydrogen-bond donors (Lipinski definition) is 2. The zero-order chi connectivity index (χ0) is 12.6. The molecule has 0 saturated carbocycles. The maximum absolute atomic E-state index is 11.2. The summed E-state index contributed by atoms with van der Waals surface area (Å²) in [5.74, 6) is -2.54. The molecule has 1 aromatic carbocycles. The van der Waals surface area contributed by atoms with Crippen molar-refractivity contribution in [2.75, 3.05) is 0 Å². The molecule has 1 heterocycles. The summed E-state index contributed by atoms with van der Waals surface area (Å²) in [5.41, 5.74) is 0.220. The summed E-state index contributed by atoms with van der Waals surface area (Å²) in [6.45, 7) is 1.49. The summed E-state index contributed by atoms with van der Waals surface area (Å²) in [5, 5.41) is 18.5. The largest absolute Gasteiger partial charge is 0.478 e. The van der Waals surface area contributed by atoms with E-state index >= 15 is 0 Å². The van der Waals surface area contributed by atoms with Gasteiger partial charge in [0.25, 0.3) is 0 Å². The van der Waals surface area contributed by atoms with Crippen LogP contribution in [0.15, 0.2) is 24.3 Å². The molecule has 2 aromatic rings. The Bertz CT molecular complexity index is 634. The molecule has 0 amide bonds. The minimum Gasteiger partial charge on any atom is -0.478 e. The van der Waals surface area contributed by atoms with Gasteiger partial charge in [0.2, 0.25) is 0 Å². The smallest absolute Gasteiger partial charge is 0.338 e. The fraction of sp³-hybridized carbons (Fsp3) is 0.0833. The van der Waals surface area contributed by atoms with E-state index in [9.17, 15) is 9.59 Å². The van der Waals surface area contributed by atoms with Crippen LogP contribution in [-0.2, 0) is 0 Å². The monoisotopic (exact) mass is 231 g/mol. The molecule has 0 saturated heterocycles. The summed E-state index contributed by atoms with van der Waals surface area (Å²) >= 11 is 0. The van der Waals surface area contributed by atoms with E-state index in [2.05, 4.69) is 4.98 Å². The first-order chi connectivity index (χ1) is 8.02. The molecule has 2 rings (SSSR count). The van der Waals surface area contributed by atoms with Crippen molar-refractivity contribution in [2.24, 2.45) is 0 Å². The van der Waals surface area contributed by atoms with Gasteiger partial charge in [0.1, 0.15) is 0 Å². The van der Waals surface area contributed by atoms with Gasteiger partial charge in [0.15, 0.2) is 0 Å². The highest BCUT2D eigenvalue weighted by Gasteiger charge is 2.22. The van der Waals surface area contributed by atoms with Crippen LogP contribution in [-0.4, -0.2) is 27.1 Å². The fourth-order valence-electron chi connectivity index (χ4n) is 1.82. The number of carboxylic acid groups (broad SMARTS) is 2. The van der Waals surface area contributed by atoms with Gasteiger partial charge in [-0.15, -0.1) is 0 Å². The van der Waals surface area contributed by atoms with Crippen LogP contribution in [0.1, 0.15) is 26.4 Å². The van der Waals surface area contributed by atoms with Gasteiger partial charge >= 0.3 is 11.9 Å². The third kappa shape index (κ3) is 1.71. The van der Waals surface area contributed by atoms with Crippen molar-refractivity contribution < 1.29 is 19.8 Å². The maximum atomic E-state index is 11.2. The molecule has 0 fully saturated rings. The topological polar surface area (TPSA) is 87.5 Å². The minimum atomic E-state index is -1.28. The van der Waals surface area contributed by atoms with Crippen LogP contribution in [0.5, 0.6) is 0 Å². The molecule has 0 bridgehead atoms. The van der Waals surface area contributed by atoms with E-state index in [1.807, 2.05) is 0 Å². The van der Waals surface area contributed by atoms with E-state index in [0.29, 0.717) is 10.9 Å². The summed E-state index contributed by atoms with van der Waals surface area (Å²) in [7, 11) is 0. The first-order valence-corrected chi connectivity index (χ1v) is 4.88. The second-order valence-electron chi connectivity index (χ2n) is 3.57. The molecule has 2 N–H and O–H groups in total. The van der Waals surface area contributed by atoms with Gasteiger partial charge in [0.05, 0.1) is 22.3 Å². The molecule has 5 nitrogen and oxygen atoms in total. The van der Waals surface area contributed by atoms with Crippen LogP contribution in [0, 0.1) is 6.92 Å². The number of aryl methyl sites for hydroxylation is 1. The van der Waals surface area contributed by atoms with E-state index in [4.69, 9.17) is 10.2 Å². The van der Waals surface area contributed by atoms with Crippen molar-refractivity contribution >= 4 is 22.8 Å². The van der Waals surface area contributed by atoms with Gasteiger partial charge < -0.3 is 10.2 Å². The molecule has 5 heteroatoms. The van der Waals surface area contributed by atoms with Crippen molar-refractivity contribution in [3.8, 4) is 0 Å². The average molecular weight is 231 g/mol. The Morgan fingerprint density at radius 1 is 1.06 bits per heavy atom. The molecule has 0 unspecified atom stereocenters. The van der Waals surface area contributed by atoms with E-state index in [1.54, 1.807) is 24.3 Å². The Hall–Kier alpha value is -2.43. The van der Waals surface area contributed by atoms with Crippen LogP contribution >= 0.6 is 0 Å². The maximum Gasteiger partial charge on any atom is 0.338 e. The van der Waals surface area contributed by atoms with Gasteiger partial charge in [-0.05, 0) is 13.0 Å². The number of benzene rings is 1. The van der Waals surface area contributed by atoms with Crippen LogP contribution in [0.3, 0.4) is 0 Å². The predicted molar refractivity (Wildman–Crippen MR) is 60.4 cm³/mol. The number of para-hydroxylation sites is 1. The molecule has 17 heavy (non-hydrogen) atoms. The van der Waals surface area contributed by atoms with Crippen LogP contribution < -0.4 is 0 Å². The zero-order valence-electron chi connectivity index (χ0n) is 8.97. The number of hydrogen-bond acceptors (Lipinski definition) is 3. The lowest BCUT2D eigenvalue weighted by Gasteiger charge is -2.08. The molecule has 0 atom stereocenters. The first-order valence-electron chi connectivity index (χ1n) is 4.88. The molecule has 0 aliphatic carbocycles. The second kappa shape index (κ2) is 3.86. The molecular weight excluding hydrogens is 222 g/mol. The predicted octanol–water partition coefficient (Wildman–Crippen LogP) is 1.94. The van der Waals surface area contributed by atoms with E-state index < -0.39 is 11.9 Å². The fourth-order valence-corrected chi connectivity index (χ4v) is 1.82. The van der Waals surface area contributed by atoms with Crippen molar-refractivity contribution in [1.82, 2.24) is 4.98 Å². The minimum absolute atomic E-state index is 0.202. The number of aromatic carboxylic acids is 2. The number of nitrogens with zero attached hydrogens (tertiary/aromatic N) is 1. The molecule has 0 aliphatic heterocycles. The Labute approximate surface area is 96.3 Å². The second-order valence-corrected chi connectivity index (χ2v) is 3.57. The standard InChI is InChI=1S/C12H9NO4/c1-6-9(11(14)15)10(12(16)17)7-4-2-3-5-8(7)13-6/h2-5H,1H3,(H,14,15)(H,16,17). The summed E-state index contributed by atoms with van der Waals surface area (Å²) < 4.78 is 0. The zero-order valence-corrected chi connectivity index (χ0v) is 8.97. The van der Waals surface area contributed by atoms with Gasteiger partial charge in [-0.1, -0.05) is 18.2 Å². The van der Waals surface area contributed by atoms with Crippen molar-refractivity contribution in [1.29, 1.82) is 0 Å². The van der Waals surface area contributed by atoms with Crippen molar-refractivity contribution in [3.05, 3.63) is 41.1 Å². The number of pyridine rings is 1. The van der Waals surface area contributed by atoms with Gasteiger partial charge in [-0.3, -0.25) is 4.98 Å². The normalized spacial score (nSPS) is 10.4.